The number of hydrogen-bond donors (Lipinski definition) is 1. The first-order valence-electron chi connectivity index (χ1n) is 6.07. The van der Waals surface area contributed by atoms with E-state index in [1.54, 1.807) is 12.1 Å². The maximum atomic E-state index is 6.03. The molecule has 0 bridgehead atoms. The lowest BCUT2D eigenvalue weighted by Crippen LogP contribution is -2.35. The fraction of sp³-hybridized carbons (Fsp3) is 0.538. The van der Waals surface area contributed by atoms with Crippen LogP contribution in [0.4, 0.5) is 0 Å². The summed E-state index contributed by atoms with van der Waals surface area (Å²) in [6.45, 7) is 1.82. The van der Waals surface area contributed by atoms with E-state index in [-0.39, 0.29) is 12.4 Å². The van der Waals surface area contributed by atoms with E-state index in [9.17, 15) is 0 Å². The second-order valence-corrected chi connectivity index (χ2v) is 5.20. The molecule has 1 saturated heterocycles. The summed E-state index contributed by atoms with van der Waals surface area (Å²) in [5.74, 6) is 0.715. The van der Waals surface area contributed by atoms with Gasteiger partial charge in [-0.15, -0.1) is 12.4 Å². The number of piperidine rings is 1. The molecule has 102 valence electrons. The number of hydrogen-bond acceptors (Lipinski definition) is 2. The average Bonchev–Trinajstić information content (AvgIpc) is 2.33. The molecule has 1 aromatic carbocycles. The second-order valence-electron chi connectivity index (χ2n) is 4.36. The standard InChI is InChI=1S/C13H17Cl2NO.ClH/c14-10-4-5-13(12(15)9-10)17-8-6-11-3-1-2-7-16-11;/h4-5,9,11,16H,1-3,6-8H2;1H. The Balaban J connectivity index is 0.00000162. The van der Waals surface area contributed by atoms with Crippen LogP contribution in [0.5, 0.6) is 5.75 Å². The lowest BCUT2D eigenvalue weighted by atomic mass is 10.0. The molecule has 5 heteroatoms. The van der Waals surface area contributed by atoms with Crippen molar-refractivity contribution in [3.8, 4) is 5.75 Å². The van der Waals surface area contributed by atoms with Gasteiger partial charge in [-0.1, -0.05) is 29.6 Å². The van der Waals surface area contributed by atoms with Crippen molar-refractivity contribution in [2.24, 2.45) is 0 Å². The van der Waals surface area contributed by atoms with Crippen LogP contribution in [0, 0.1) is 0 Å². The second kappa shape index (κ2) is 8.11. The Bertz CT molecular complexity index is 367. The lowest BCUT2D eigenvalue weighted by molar-refractivity contribution is 0.268. The van der Waals surface area contributed by atoms with E-state index < -0.39 is 0 Å². The Morgan fingerprint density at radius 2 is 2.11 bits per heavy atom. The summed E-state index contributed by atoms with van der Waals surface area (Å²) in [5.41, 5.74) is 0. The zero-order valence-corrected chi connectivity index (χ0v) is 12.5. The fourth-order valence-corrected chi connectivity index (χ4v) is 2.54. The molecule has 1 fully saturated rings. The van der Waals surface area contributed by atoms with Crippen LogP contribution in [0.3, 0.4) is 0 Å². The molecular formula is C13H18Cl3NO. The molecule has 1 atom stereocenters. The van der Waals surface area contributed by atoms with Crippen molar-refractivity contribution < 1.29 is 4.74 Å². The minimum absolute atomic E-state index is 0. The van der Waals surface area contributed by atoms with Crippen molar-refractivity contribution in [3.63, 3.8) is 0 Å². The normalized spacial score (nSPS) is 19.1. The third-order valence-corrected chi connectivity index (χ3v) is 3.56. The number of halogens is 3. The van der Waals surface area contributed by atoms with Crippen LogP contribution in [0.2, 0.25) is 10.0 Å². The molecule has 1 aliphatic heterocycles. The average molecular weight is 311 g/mol. The number of nitrogens with one attached hydrogen (secondary N) is 1. The van der Waals surface area contributed by atoms with E-state index >= 15 is 0 Å². The van der Waals surface area contributed by atoms with E-state index in [0.29, 0.717) is 28.4 Å². The first kappa shape index (κ1) is 15.9. The van der Waals surface area contributed by atoms with Gasteiger partial charge in [-0.25, -0.2) is 0 Å². The van der Waals surface area contributed by atoms with Gasteiger partial charge in [-0.2, -0.15) is 0 Å². The summed E-state index contributed by atoms with van der Waals surface area (Å²) in [7, 11) is 0. The van der Waals surface area contributed by atoms with E-state index in [0.717, 1.165) is 13.0 Å². The first-order chi connectivity index (χ1) is 8.25. The van der Waals surface area contributed by atoms with Crippen molar-refractivity contribution >= 4 is 35.6 Å². The van der Waals surface area contributed by atoms with Crippen LogP contribution >= 0.6 is 35.6 Å². The molecule has 1 N–H and O–H groups in total. The summed E-state index contributed by atoms with van der Waals surface area (Å²) in [4.78, 5) is 0. The highest BCUT2D eigenvalue weighted by molar-refractivity contribution is 6.35. The SMILES string of the molecule is Cl.Clc1ccc(OCCC2CCCCN2)c(Cl)c1. The predicted molar refractivity (Wildman–Crippen MR) is 79.5 cm³/mol. The topological polar surface area (TPSA) is 21.3 Å². The van der Waals surface area contributed by atoms with Crippen molar-refractivity contribution in [1.82, 2.24) is 5.32 Å². The predicted octanol–water partition coefficient (Wildman–Crippen LogP) is 4.33. The molecule has 0 saturated carbocycles. The third kappa shape index (κ3) is 4.85. The van der Waals surface area contributed by atoms with Crippen LogP contribution in [0.25, 0.3) is 0 Å². The van der Waals surface area contributed by atoms with Crippen molar-refractivity contribution in [2.45, 2.75) is 31.7 Å². The molecule has 0 amide bonds. The number of ether oxygens (including phenoxy) is 1. The van der Waals surface area contributed by atoms with E-state index in [1.165, 1.54) is 19.3 Å². The van der Waals surface area contributed by atoms with Crippen LogP contribution < -0.4 is 10.1 Å². The third-order valence-electron chi connectivity index (χ3n) is 3.03. The lowest BCUT2D eigenvalue weighted by Gasteiger charge is -2.23. The van der Waals surface area contributed by atoms with Gasteiger partial charge in [0.05, 0.1) is 11.6 Å². The van der Waals surface area contributed by atoms with E-state index in [1.807, 2.05) is 6.07 Å². The molecule has 2 rings (SSSR count). The largest absolute Gasteiger partial charge is 0.492 e. The molecule has 1 heterocycles. The van der Waals surface area contributed by atoms with Gasteiger partial charge < -0.3 is 10.1 Å². The van der Waals surface area contributed by atoms with Crippen molar-refractivity contribution in [3.05, 3.63) is 28.2 Å². The molecule has 2 nitrogen and oxygen atoms in total. The highest BCUT2D eigenvalue weighted by Gasteiger charge is 2.12. The smallest absolute Gasteiger partial charge is 0.137 e. The van der Waals surface area contributed by atoms with Gasteiger partial charge in [0.2, 0.25) is 0 Å². The Morgan fingerprint density at radius 3 is 2.78 bits per heavy atom. The summed E-state index contributed by atoms with van der Waals surface area (Å²) >= 11 is 11.8. The zero-order valence-electron chi connectivity index (χ0n) is 10.1. The summed E-state index contributed by atoms with van der Waals surface area (Å²) in [6, 6.07) is 5.91. The van der Waals surface area contributed by atoms with Gasteiger partial charge in [0, 0.05) is 11.1 Å². The number of benzene rings is 1. The first-order valence-corrected chi connectivity index (χ1v) is 6.82. The molecule has 1 aromatic rings. The molecule has 0 aliphatic carbocycles. The van der Waals surface area contributed by atoms with Gasteiger partial charge in [0.15, 0.2) is 0 Å². The molecule has 0 spiro atoms. The Hall–Kier alpha value is -0.150. The highest BCUT2D eigenvalue weighted by Crippen LogP contribution is 2.27. The molecule has 1 aliphatic rings. The number of rotatable bonds is 4. The Kier molecular flexibility index (Phi) is 7.16. The molecule has 18 heavy (non-hydrogen) atoms. The van der Waals surface area contributed by atoms with Crippen LogP contribution in [0.15, 0.2) is 18.2 Å². The maximum absolute atomic E-state index is 6.03. The van der Waals surface area contributed by atoms with Crippen LogP contribution in [-0.4, -0.2) is 19.2 Å². The van der Waals surface area contributed by atoms with Gasteiger partial charge in [-0.3, -0.25) is 0 Å². The van der Waals surface area contributed by atoms with Gasteiger partial charge >= 0.3 is 0 Å². The van der Waals surface area contributed by atoms with E-state index in [4.69, 9.17) is 27.9 Å². The minimum Gasteiger partial charge on any atom is -0.492 e. The Labute approximate surface area is 124 Å². The summed E-state index contributed by atoms with van der Waals surface area (Å²) in [5, 5.41) is 4.71. The highest BCUT2D eigenvalue weighted by atomic mass is 35.5. The van der Waals surface area contributed by atoms with E-state index in [2.05, 4.69) is 5.32 Å². The molecule has 0 aromatic heterocycles. The zero-order chi connectivity index (χ0) is 12.1. The van der Waals surface area contributed by atoms with Gasteiger partial charge in [0.1, 0.15) is 5.75 Å². The van der Waals surface area contributed by atoms with Gasteiger partial charge in [0.25, 0.3) is 0 Å². The Morgan fingerprint density at radius 1 is 1.28 bits per heavy atom. The van der Waals surface area contributed by atoms with Crippen molar-refractivity contribution in [2.75, 3.05) is 13.2 Å². The fourth-order valence-electron chi connectivity index (χ4n) is 2.07. The van der Waals surface area contributed by atoms with Crippen LogP contribution in [0.1, 0.15) is 25.7 Å². The minimum atomic E-state index is 0. The monoisotopic (exact) mass is 309 g/mol. The summed E-state index contributed by atoms with van der Waals surface area (Å²) in [6.07, 6.45) is 4.89. The van der Waals surface area contributed by atoms with Crippen LogP contribution in [-0.2, 0) is 0 Å². The summed E-state index contributed by atoms with van der Waals surface area (Å²) < 4.78 is 5.66. The van der Waals surface area contributed by atoms with Crippen molar-refractivity contribution in [1.29, 1.82) is 0 Å². The molecule has 1 unspecified atom stereocenters. The molecule has 0 radical (unpaired) electrons. The maximum Gasteiger partial charge on any atom is 0.137 e. The molecular weight excluding hydrogens is 293 g/mol. The van der Waals surface area contributed by atoms with Gasteiger partial charge in [-0.05, 0) is 44.0 Å². The quantitative estimate of drug-likeness (QED) is 0.894.